The van der Waals surface area contributed by atoms with Crippen LogP contribution in [0, 0.1) is 34.5 Å². The minimum absolute atomic E-state index is 0.0682. The molecule has 0 aromatic carbocycles. The normalized spacial score (nSPS) is 10.8. The van der Waals surface area contributed by atoms with Gasteiger partial charge in [-0.25, -0.2) is 0 Å². The third kappa shape index (κ3) is 11.0. The highest BCUT2D eigenvalue weighted by molar-refractivity contribution is 5.98. The summed E-state index contributed by atoms with van der Waals surface area (Å²) in [6.45, 7) is 11.9. The number of hydrogen-bond donors (Lipinski definition) is 0. The molecule has 0 N–H and O–H groups in total. The Hall–Kier alpha value is -1.54. The minimum Gasteiger partial charge on any atom is -0.285 e. The average Bonchev–Trinajstić information content (AvgIpc) is 2.06. The molecule has 0 fully saturated rings. The molecule has 0 radical (unpaired) electrons. The molecule has 0 saturated heterocycles. The number of carbonyl (C=O) groups excluding carboxylic acids is 2. The molecule has 0 bridgehead atoms. The molecule has 18 heavy (non-hydrogen) atoms. The second kappa shape index (κ2) is 6.41. The van der Waals surface area contributed by atoms with E-state index in [0.29, 0.717) is 12.8 Å². The highest BCUT2D eigenvalue weighted by Gasteiger charge is 2.14. The van der Waals surface area contributed by atoms with Crippen molar-refractivity contribution >= 4 is 11.6 Å². The van der Waals surface area contributed by atoms with Crippen molar-refractivity contribution in [2.24, 2.45) is 10.8 Å². The highest BCUT2D eigenvalue weighted by atomic mass is 16.1. The molecule has 98 valence electrons. The summed E-state index contributed by atoms with van der Waals surface area (Å²) in [5, 5.41) is 0. The molecule has 2 nitrogen and oxygen atoms in total. The van der Waals surface area contributed by atoms with Crippen LogP contribution in [-0.2, 0) is 9.59 Å². The highest BCUT2D eigenvalue weighted by Crippen LogP contribution is 2.18. The summed E-state index contributed by atoms with van der Waals surface area (Å²) in [6, 6.07) is 0. The van der Waals surface area contributed by atoms with Gasteiger partial charge in [0.25, 0.3) is 0 Å². The quantitative estimate of drug-likeness (QED) is 0.554. The Bertz CT molecular complexity index is 390. The number of hydrogen-bond acceptors (Lipinski definition) is 2. The lowest BCUT2D eigenvalue weighted by molar-refractivity contribution is -0.116. The third-order valence-electron chi connectivity index (χ3n) is 1.85. The summed E-state index contributed by atoms with van der Waals surface area (Å²) in [5.41, 5.74) is -0.136. The van der Waals surface area contributed by atoms with Gasteiger partial charge in [0, 0.05) is 12.8 Å². The maximum atomic E-state index is 11.4. The van der Waals surface area contributed by atoms with Crippen molar-refractivity contribution in [1.29, 1.82) is 0 Å². The fourth-order valence-electron chi connectivity index (χ4n) is 1.25. The van der Waals surface area contributed by atoms with Gasteiger partial charge in [-0.3, -0.25) is 9.59 Å². The summed E-state index contributed by atoms with van der Waals surface area (Å²) in [6.07, 6.45) is 0.801. The zero-order chi connectivity index (χ0) is 14.4. The average molecular weight is 246 g/mol. The topological polar surface area (TPSA) is 34.1 Å². The standard InChI is InChI=1S/C16H22O2/c1-15(2,3)11-13(17)9-7-8-10-14(18)12-16(4,5)6/h11-12H2,1-6H3. The van der Waals surface area contributed by atoms with Gasteiger partial charge in [-0.1, -0.05) is 41.5 Å². The van der Waals surface area contributed by atoms with E-state index >= 15 is 0 Å². The monoisotopic (exact) mass is 246 g/mol. The van der Waals surface area contributed by atoms with Crippen molar-refractivity contribution in [2.45, 2.75) is 54.4 Å². The van der Waals surface area contributed by atoms with Gasteiger partial charge < -0.3 is 0 Å². The summed E-state index contributed by atoms with van der Waals surface area (Å²) >= 11 is 0. The van der Waals surface area contributed by atoms with E-state index in [9.17, 15) is 9.59 Å². The second-order valence-corrected chi connectivity index (χ2v) is 6.82. The first kappa shape index (κ1) is 16.5. The number of carbonyl (C=O) groups is 2. The maximum absolute atomic E-state index is 11.4. The maximum Gasteiger partial charge on any atom is 0.206 e. The van der Waals surface area contributed by atoms with Gasteiger partial charge in [0.2, 0.25) is 11.6 Å². The van der Waals surface area contributed by atoms with Crippen LogP contribution in [0.2, 0.25) is 0 Å². The van der Waals surface area contributed by atoms with Gasteiger partial charge in [-0.15, -0.1) is 0 Å². The van der Waals surface area contributed by atoms with Gasteiger partial charge in [0.05, 0.1) is 0 Å². The summed E-state index contributed by atoms with van der Waals surface area (Å²) in [4.78, 5) is 22.8. The Balaban J connectivity index is 4.36. The lowest BCUT2D eigenvalue weighted by atomic mass is 9.90. The molecule has 0 aliphatic carbocycles. The smallest absolute Gasteiger partial charge is 0.206 e. The van der Waals surface area contributed by atoms with E-state index in [4.69, 9.17) is 0 Å². The Labute approximate surface area is 111 Å². The SMILES string of the molecule is CC(C)(C)CC(=O)C#CC#CC(=O)CC(C)(C)C. The minimum atomic E-state index is -0.139. The zero-order valence-corrected chi connectivity index (χ0v) is 12.2. The van der Waals surface area contributed by atoms with E-state index in [1.807, 2.05) is 41.5 Å². The van der Waals surface area contributed by atoms with Gasteiger partial charge in [0.1, 0.15) is 0 Å². The van der Waals surface area contributed by atoms with Crippen LogP contribution >= 0.6 is 0 Å². The molecule has 0 amide bonds. The fraction of sp³-hybridized carbons (Fsp3) is 0.625. The molecule has 0 unspecified atom stereocenters. The molecular weight excluding hydrogens is 224 g/mol. The largest absolute Gasteiger partial charge is 0.285 e. The number of ketones is 2. The third-order valence-corrected chi connectivity index (χ3v) is 1.85. The number of Topliss-reactive ketones (excluding diaryl/α,β-unsaturated/α-hetero) is 2. The zero-order valence-electron chi connectivity index (χ0n) is 12.2. The van der Waals surface area contributed by atoms with Crippen LogP contribution < -0.4 is 0 Å². The van der Waals surface area contributed by atoms with Crippen LogP contribution in [-0.4, -0.2) is 11.6 Å². The Morgan fingerprint density at radius 1 is 0.722 bits per heavy atom. The first-order valence-electron chi connectivity index (χ1n) is 6.07. The van der Waals surface area contributed by atoms with Crippen molar-refractivity contribution in [3.63, 3.8) is 0 Å². The van der Waals surface area contributed by atoms with E-state index in [-0.39, 0.29) is 22.4 Å². The molecule has 0 aliphatic rings. The molecule has 0 atom stereocenters. The second-order valence-electron chi connectivity index (χ2n) is 6.82. The van der Waals surface area contributed by atoms with Crippen LogP contribution in [0.15, 0.2) is 0 Å². The summed E-state index contributed by atoms with van der Waals surface area (Å²) < 4.78 is 0. The molecule has 0 spiro atoms. The first-order chi connectivity index (χ1) is 7.99. The Kier molecular flexibility index (Phi) is 5.86. The van der Waals surface area contributed by atoms with Crippen molar-refractivity contribution in [1.82, 2.24) is 0 Å². The molecular formula is C16H22O2. The molecule has 2 heteroatoms. The van der Waals surface area contributed by atoms with E-state index in [2.05, 4.69) is 23.7 Å². The van der Waals surface area contributed by atoms with Crippen molar-refractivity contribution in [3.8, 4) is 23.7 Å². The van der Waals surface area contributed by atoms with Crippen molar-refractivity contribution < 1.29 is 9.59 Å². The van der Waals surface area contributed by atoms with Crippen LogP contribution in [0.25, 0.3) is 0 Å². The van der Waals surface area contributed by atoms with Gasteiger partial charge in [-0.05, 0) is 34.5 Å². The molecule has 0 aliphatic heterocycles. The summed E-state index contributed by atoms with van der Waals surface area (Å²) in [7, 11) is 0. The Morgan fingerprint density at radius 3 is 1.22 bits per heavy atom. The van der Waals surface area contributed by atoms with Crippen LogP contribution in [0.1, 0.15) is 54.4 Å². The van der Waals surface area contributed by atoms with E-state index in [0.717, 1.165) is 0 Å². The van der Waals surface area contributed by atoms with E-state index in [1.165, 1.54) is 0 Å². The predicted molar refractivity (Wildman–Crippen MR) is 73.7 cm³/mol. The van der Waals surface area contributed by atoms with E-state index < -0.39 is 0 Å². The lowest BCUT2D eigenvalue weighted by Gasteiger charge is -2.14. The van der Waals surface area contributed by atoms with Crippen LogP contribution in [0.5, 0.6) is 0 Å². The number of rotatable bonds is 2. The summed E-state index contributed by atoms with van der Waals surface area (Å²) in [5.74, 6) is 9.49. The predicted octanol–water partition coefficient (Wildman–Crippen LogP) is 3.00. The van der Waals surface area contributed by atoms with Crippen LogP contribution in [0.4, 0.5) is 0 Å². The van der Waals surface area contributed by atoms with Crippen LogP contribution in [0.3, 0.4) is 0 Å². The first-order valence-corrected chi connectivity index (χ1v) is 6.07. The van der Waals surface area contributed by atoms with Crippen molar-refractivity contribution in [2.75, 3.05) is 0 Å². The van der Waals surface area contributed by atoms with Gasteiger partial charge in [-0.2, -0.15) is 0 Å². The molecule has 0 aromatic rings. The molecule has 0 saturated carbocycles. The fourth-order valence-corrected chi connectivity index (χ4v) is 1.25. The van der Waals surface area contributed by atoms with Gasteiger partial charge in [0.15, 0.2) is 0 Å². The Morgan fingerprint density at radius 2 is 1.00 bits per heavy atom. The molecule has 0 rings (SSSR count). The van der Waals surface area contributed by atoms with Gasteiger partial charge >= 0.3 is 0 Å². The van der Waals surface area contributed by atoms with E-state index in [1.54, 1.807) is 0 Å². The molecule has 0 heterocycles. The lowest BCUT2D eigenvalue weighted by Crippen LogP contribution is -2.11. The molecule has 0 aromatic heterocycles. The van der Waals surface area contributed by atoms with Crippen molar-refractivity contribution in [3.05, 3.63) is 0 Å².